The second-order valence-corrected chi connectivity index (χ2v) is 8.66. The van der Waals surface area contributed by atoms with Crippen LogP contribution in [0.4, 0.5) is 0 Å². The summed E-state index contributed by atoms with van der Waals surface area (Å²) in [6.07, 6.45) is 5.07. The Morgan fingerprint density at radius 1 is 1.16 bits per heavy atom. The van der Waals surface area contributed by atoms with Gasteiger partial charge >= 0.3 is 0 Å². The second-order valence-electron chi connectivity index (χ2n) is 8.66. The topological polar surface area (TPSA) is 70.7 Å². The highest BCUT2D eigenvalue weighted by molar-refractivity contribution is 5.83. The molecule has 4 saturated carbocycles. The molecule has 0 saturated heterocycles. The van der Waals surface area contributed by atoms with E-state index in [9.17, 15) is 9.59 Å². The van der Waals surface area contributed by atoms with Gasteiger partial charge in [0.1, 0.15) is 0 Å². The van der Waals surface area contributed by atoms with Crippen molar-refractivity contribution >= 4 is 11.8 Å². The molecule has 0 aliphatic heterocycles. The molecule has 0 aromatic heterocycles. The lowest BCUT2D eigenvalue weighted by atomic mass is 10.0. The van der Waals surface area contributed by atoms with Gasteiger partial charge in [-0.2, -0.15) is 0 Å². The highest BCUT2D eigenvalue weighted by atomic mass is 16.5. The molecule has 6 nitrogen and oxygen atoms in total. The zero-order valence-electron chi connectivity index (χ0n) is 15.4. The Kier molecular flexibility index (Phi) is 4.75. The molecule has 2 bridgehead atoms. The fourth-order valence-corrected chi connectivity index (χ4v) is 5.50. The van der Waals surface area contributed by atoms with Crippen LogP contribution in [0.5, 0.6) is 0 Å². The first-order valence-corrected chi connectivity index (χ1v) is 9.83. The lowest BCUT2D eigenvalue weighted by Crippen LogP contribution is -2.39. The van der Waals surface area contributed by atoms with Crippen molar-refractivity contribution in [3.63, 3.8) is 0 Å². The third-order valence-corrected chi connectivity index (χ3v) is 6.94. The number of methoxy groups -OCH3 is 1. The number of hydrogen-bond acceptors (Lipinski definition) is 4. The molecule has 7 atom stereocenters. The summed E-state index contributed by atoms with van der Waals surface area (Å²) in [7, 11) is 3.58. The van der Waals surface area contributed by atoms with Crippen molar-refractivity contribution in [2.45, 2.75) is 31.7 Å². The number of nitrogens with zero attached hydrogens (tertiary/aromatic N) is 1. The molecule has 0 heterocycles. The maximum Gasteiger partial charge on any atom is 0.234 e. The van der Waals surface area contributed by atoms with Gasteiger partial charge < -0.3 is 15.4 Å². The van der Waals surface area contributed by atoms with Crippen molar-refractivity contribution in [2.24, 2.45) is 35.5 Å². The molecule has 4 aliphatic carbocycles. The van der Waals surface area contributed by atoms with E-state index in [2.05, 4.69) is 10.6 Å². The van der Waals surface area contributed by atoms with Gasteiger partial charge in [0.05, 0.1) is 13.2 Å². The number of rotatable bonds is 9. The summed E-state index contributed by atoms with van der Waals surface area (Å²) in [5, 5.41) is 6.23. The van der Waals surface area contributed by atoms with Gasteiger partial charge in [0.25, 0.3) is 0 Å². The number of likely N-dealkylation sites (N-methyl/N-ethyl adjacent to an activating group) is 1. The van der Waals surface area contributed by atoms with Crippen LogP contribution in [0, 0.1) is 35.5 Å². The van der Waals surface area contributed by atoms with E-state index >= 15 is 0 Å². The Bertz CT molecular complexity index is 524. The van der Waals surface area contributed by atoms with Crippen LogP contribution in [-0.4, -0.2) is 63.2 Å². The monoisotopic (exact) mass is 349 g/mol. The van der Waals surface area contributed by atoms with Gasteiger partial charge in [-0.05, 0) is 62.3 Å². The van der Waals surface area contributed by atoms with Crippen molar-refractivity contribution in [1.82, 2.24) is 15.5 Å². The summed E-state index contributed by atoms with van der Waals surface area (Å²) >= 11 is 0. The SMILES string of the molecule is COCCN(C)CC(=O)N[C@@H]1C[C@@H]1CNC(=O)C1[C@@H]2[C@@H]3CC[C@@H](C3)[C@@H]12. The third kappa shape index (κ3) is 3.56. The van der Waals surface area contributed by atoms with Crippen LogP contribution in [-0.2, 0) is 14.3 Å². The van der Waals surface area contributed by atoms with E-state index in [1.165, 1.54) is 19.3 Å². The summed E-state index contributed by atoms with van der Waals surface area (Å²) < 4.78 is 5.01. The Balaban J connectivity index is 1.11. The molecule has 4 aliphatic rings. The van der Waals surface area contributed by atoms with Gasteiger partial charge in [0, 0.05) is 32.2 Å². The van der Waals surface area contributed by atoms with Crippen LogP contribution in [0.25, 0.3) is 0 Å². The molecular formula is C19H31N3O3. The minimum atomic E-state index is 0.0609. The first-order valence-electron chi connectivity index (χ1n) is 9.83. The molecule has 0 aromatic rings. The van der Waals surface area contributed by atoms with Crippen LogP contribution in [0.2, 0.25) is 0 Å². The van der Waals surface area contributed by atoms with Gasteiger partial charge in [-0.3, -0.25) is 14.5 Å². The largest absolute Gasteiger partial charge is 0.383 e. The van der Waals surface area contributed by atoms with E-state index in [0.717, 1.165) is 24.8 Å². The van der Waals surface area contributed by atoms with Crippen molar-refractivity contribution in [3.05, 3.63) is 0 Å². The summed E-state index contributed by atoms with van der Waals surface area (Å²) in [4.78, 5) is 26.4. The number of nitrogens with one attached hydrogen (secondary N) is 2. The average Bonchev–Trinajstić information content (AvgIpc) is 3.43. The molecule has 4 rings (SSSR count). The minimum absolute atomic E-state index is 0.0609. The van der Waals surface area contributed by atoms with E-state index in [4.69, 9.17) is 4.74 Å². The zero-order chi connectivity index (χ0) is 17.6. The number of fused-ring (bicyclic) bond motifs is 5. The number of hydrogen-bond donors (Lipinski definition) is 2. The van der Waals surface area contributed by atoms with Crippen LogP contribution in [0.1, 0.15) is 25.7 Å². The Hall–Kier alpha value is -1.14. The average molecular weight is 349 g/mol. The predicted molar refractivity (Wildman–Crippen MR) is 93.7 cm³/mol. The fraction of sp³-hybridized carbons (Fsp3) is 0.895. The van der Waals surface area contributed by atoms with Gasteiger partial charge in [-0.15, -0.1) is 0 Å². The summed E-state index contributed by atoms with van der Waals surface area (Å²) in [5.41, 5.74) is 0. The van der Waals surface area contributed by atoms with Crippen molar-refractivity contribution in [2.75, 3.05) is 40.4 Å². The highest BCUT2D eigenvalue weighted by Gasteiger charge is 2.67. The summed E-state index contributed by atoms with van der Waals surface area (Å²) in [5.74, 6) is 4.16. The normalized spacial score (nSPS) is 40.0. The van der Waals surface area contributed by atoms with Gasteiger partial charge in [0.15, 0.2) is 0 Å². The molecule has 6 heteroatoms. The van der Waals surface area contributed by atoms with E-state index in [-0.39, 0.29) is 17.9 Å². The van der Waals surface area contributed by atoms with Gasteiger partial charge in [0.2, 0.25) is 11.8 Å². The maximum atomic E-state index is 12.4. The molecule has 140 valence electrons. The summed E-state index contributed by atoms with van der Waals surface area (Å²) in [6, 6.07) is 0.235. The van der Waals surface area contributed by atoms with Crippen LogP contribution in [0.15, 0.2) is 0 Å². The Morgan fingerprint density at radius 2 is 1.88 bits per heavy atom. The molecule has 25 heavy (non-hydrogen) atoms. The van der Waals surface area contributed by atoms with E-state index in [1.54, 1.807) is 7.11 Å². The first kappa shape index (κ1) is 17.3. The van der Waals surface area contributed by atoms with Crippen molar-refractivity contribution in [1.29, 1.82) is 0 Å². The number of carbonyl (C=O) groups excluding carboxylic acids is 2. The first-order chi connectivity index (χ1) is 12.1. The smallest absolute Gasteiger partial charge is 0.234 e. The molecule has 4 fully saturated rings. The maximum absolute atomic E-state index is 12.4. The van der Waals surface area contributed by atoms with Crippen molar-refractivity contribution in [3.8, 4) is 0 Å². The molecular weight excluding hydrogens is 318 g/mol. The standard InChI is InChI=1S/C19H31N3O3/c1-22(5-6-25-2)10-15(23)21-14-8-13(14)9-20-19(24)18-16-11-3-4-12(7-11)17(16)18/h11-14,16-18H,3-10H2,1-2H3,(H,20,24)(H,21,23)/t11-,12+,13-,14-,16-,17-,18?/m1/s1. The number of carbonyl (C=O) groups is 2. The molecule has 0 spiro atoms. The van der Waals surface area contributed by atoms with Gasteiger partial charge in [-0.1, -0.05) is 0 Å². The Labute approximate surface area is 150 Å². The third-order valence-electron chi connectivity index (χ3n) is 6.94. The van der Waals surface area contributed by atoms with Crippen molar-refractivity contribution < 1.29 is 14.3 Å². The zero-order valence-corrected chi connectivity index (χ0v) is 15.4. The lowest BCUT2D eigenvalue weighted by Gasteiger charge is -2.15. The molecule has 2 N–H and O–H groups in total. The van der Waals surface area contributed by atoms with Crippen LogP contribution >= 0.6 is 0 Å². The molecule has 1 unspecified atom stereocenters. The van der Waals surface area contributed by atoms with E-state index in [1.807, 2.05) is 11.9 Å². The lowest BCUT2D eigenvalue weighted by molar-refractivity contribution is -0.123. The van der Waals surface area contributed by atoms with E-state index < -0.39 is 0 Å². The molecule has 0 aromatic carbocycles. The van der Waals surface area contributed by atoms with E-state index in [0.29, 0.717) is 43.4 Å². The number of amides is 2. The van der Waals surface area contributed by atoms with Crippen LogP contribution in [0.3, 0.4) is 0 Å². The fourth-order valence-electron chi connectivity index (χ4n) is 5.50. The second kappa shape index (κ2) is 6.88. The minimum Gasteiger partial charge on any atom is -0.383 e. The molecule has 2 amide bonds. The number of ether oxygens (including phenoxy) is 1. The summed E-state index contributed by atoms with van der Waals surface area (Å²) in [6.45, 7) is 2.49. The Morgan fingerprint density at radius 3 is 2.56 bits per heavy atom. The highest BCUT2D eigenvalue weighted by Crippen LogP contribution is 2.69. The van der Waals surface area contributed by atoms with Crippen LogP contribution < -0.4 is 10.6 Å². The predicted octanol–water partition coefficient (Wildman–Crippen LogP) is 0.478. The quantitative estimate of drug-likeness (QED) is 0.635. The molecule has 0 radical (unpaired) electrons. The van der Waals surface area contributed by atoms with Gasteiger partial charge in [-0.25, -0.2) is 0 Å².